The number of amides is 1. The molecule has 2 aromatic rings. The molecule has 0 aliphatic heterocycles. The Morgan fingerprint density at radius 1 is 1.17 bits per heavy atom. The van der Waals surface area contributed by atoms with E-state index < -0.39 is 4.92 Å². The standard InChI is InChI=1S/C18H21N3O3/c1-11-5-6-12(2)15(9-11)13(3)20-18(22)14-7-8-16(19-4)17(10-14)21(23)24/h5-10,13,19H,1-4H3,(H,20,22). The maximum absolute atomic E-state index is 12.4. The van der Waals surface area contributed by atoms with Gasteiger partial charge in [0.15, 0.2) is 0 Å². The summed E-state index contributed by atoms with van der Waals surface area (Å²) in [5, 5.41) is 16.8. The van der Waals surface area contributed by atoms with Crippen LogP contribution in [0, 0.1) is 24.0 Å². The van der Waals surface area contributed by atoms with Crippen LogP contribution in [0.3, 0.4) is 0 Å². The lowest BCUT2D eigenvalue weighted by molar-refractivity contribution is -0.384. The van der Waals surface area contributed by atoms with Crippen LogP contribution in [0.2, 0.25) is 0 Å². The molecule has 0 saturated carbocycles. The van der Waals surface area contributed by atoms with E-state index in [9.17, 15) is 14.9 Å². The average molecular weight is 327 g/mol. The zero-order valence-corrected chi connectivity index (χ0v) is 14.2. The molecule has 0 aliphatic carbocycles. The van der Waals surface area contributed by atoms with Gasteiger partial charge in [-0.3, -0.25) is 14.9 Å². The summed E-state index contributed by atoms with van der Waals surface area (Å²) < 4.78 is 0. The van der Waals surface area contributed by atoms with Crippen molar-refractivity contribution in [2.75, 3.05) is 12.4 Å². The monoisotopic (exact) mass is 327 g/mol. The van der Waals surface area contributed by atoms with E-state index in [1.165, 1.54) is 12.1 Å². The van der Waals surface area contributed by atoms with Crippen molar-refractivity contribution in [2.24, 2.45) is 0 Å². The van der Waals surface area contributed by atoms with Crippen molar-refractivity contribution in [1.29, 1.82) is 0 Å². The normalized spacial score (nSPS) is 11.7. The van der Waals surface area contributed by atoms with E-state index >= 15 is 0 Å². The van der Waals surface area contributed by atoms with Gasteiger partial charge in [-0.1, -0.05) is 23.8 Å². The molecule has 1 atom stereocenters. The molecule has 0 spiro atoms. The SMILES string of the molecule is CNc1ccc(C(=O)NC(C)c2cc(C)ccc2C)cc1[N+](=O)[O-]. The predicted octanol–water partition coefficient (Wildman–Crippen LogP) is 3.74. The molecule has 1 unspecified atom stereocenters. The van der Waals surface area contributed by atoms with Gasteiger partial charge in [0.05, 0.1) is 11.0 Å². The summed E-state index contributed by atoms with van der Waals surface area (Å²) in [6, 6.07) is 10.3. The number of nitrogens with zero attached hydrogens (tertiary/aromatic N) is 1. The molecule has 2 rings (SSSR count). The molecule has 24 heavy (non-hydrogen) atoms. The first-order chi connectivity index (χ1) is 11.3. The zero-order valence-electron chi connectivity index (χ0n) is 14.2. The summed E-state index contributed by atoms with van der Waals surface area (Å²) in [5.41, 5.74) is 3.75. The lowest BCUT2D eigenvalue weighted by atomic mass is 9.99. The summed E-state index contributed by atoms with van der Waals surface area (Å²) in [5.74, 6) is -0.339. The Bertz CT molecular complexity index is 787. The van der Waals surface area contributed by atoms with Crippen LogP contribution < -0.4 is 10.6 Å². The Morgan fingerprint density at radius 3 is 2.50 bits per heavy atom. The fourth-order valence-electron chi connectivity index (χ4n) is 2.62. The number of nitro groups is 1. The molecular weight excluding hydrogens is 306 g/mol. The molecule has 0 fully saturated rings. The number of benzene rings is 2. The summed E-state index contributed by atoms with van der Waals surface area (Å²) in [6.45, 7) is 5.89. The summed E-state index contributed by atoms with van der Waals surface area (Å²) >= 11 is 0. The van der Waals surface area contributed by atoms with Crippen molar-refractivity contribution in [3.63, 3.8) is 0 Å². The molecule has 6 nitrogen and oxygen atoms in total. The van der Waals surface area contributed by atoms with E-state index in [0.717, 1.165) is 16.7 Å². The van der Waals surface area contributed by atoms with Crippen LogP contribution in [-0.2, 0) is 0 Å². The van der Waals surface area contributed by atoms with Gasteiger partial charge < -0.3 is 10.6 Å². The maximum Gasteiger partial charge on any atom is 0.293 e. The third-order valence-electron chi connectivity index (χ3n) is 3.97. The van der Waals surface area contributed by atoms with Crippen molar-refractivity contribution in [1.82, 2.24) is 5.32 Å². The van der Waals surface area contributed by atoms with Crippen LogP contribution in [0.4, 0.5) is 11.4 Å². The van der Waals surface area contributed by atoms with E-state index in [4.69, 9.17) is 0 Å². The second kappa shape index (κ2) is 7.12. The molecule has 0 saturated heterocycles. The highest BCUT2D eigenvalue weighted by Gasteiger charge is 2.18. The number of hydrogen-bond donors (Lipinski definition) is 2. The van der Waals surface area contributed by atoms with Gasteiger partial charge in [0, 0.05) is 18.7 Å². The molecule has 2 aromatic carbocycles. The van der Waals surface area contributed by atoms with Crippen molar-refractivity contribution in [3.05, 3.63) is 68.8 Å². The fraction of sp³-hybridized carbons (Fsp3) is 0.278. The largest absolute Gasteiger partial charge is 0.383 e. The number of nitrogens with one attached hydrogen (secondary N) is 2. The second-order valence-electron chi connectivity index (χ2n) is 5.79. The van der Waals surface area contributed by atoms with Gasteiger partial charge in [0.1, 0.15) is 5.69 Å². The van der Waals surface area contributed by atoms with Gasteiger partial charge in [0.25, 0.3) is 11.6 Å². The highest BCUT2D eigenvalue weighted by Crippen LogP contribution is 2.26. The number of carbonyl (C=O) groups excluding carboxylic acids is 1. The first kappa shape index (κ1) is 17.5. The van der Waals surface area contributed by atoms with Crippen LogP contribution in [-0.4, -0.2) is 17.9 Å². The minimum absolute atomic E-state index is 0.121. The third kappa shape index (κ3) is 3.71. The number of hydrogen-bond acceptors (Lipinski definition) is 4. The number of rotatable bonds is 5. The molecule has 6 heteroatoms. The quantitative estimate of drug-likeness (QED) is 0.647. The number of anilines is 1. The maximum atomic E-state index is 12.4. The van der Waals surface area contributed by atoms with Crippen LogP contribution >= 0.6 is 0 Å². The lowest BCUT2D eigenvalue weighted by Crippen LogP contribution is -2.27. The van der Waals surface area contributed by atoms with Gasteiger partial charge in [-0.2, -0.15) is 0 Å². The van der Waals surface area contributed by atoms with Crippen molar-refractivity contribution < 1.29 is 9.72 Å². The molecule has 126 valence electrons. The number of carbonyl (C=O) groups is 1. The first-order valence-electron chi connectivity index (χ1n) is 7.67. The predicted molar refractivity (Wildman–Crippen MR) is 94.4 cm³/mol. The zero-order chi connectivity index (χ0) is 17.9. The Hall–Kier alpha value is -2.89. The Morgan fingerprint density at radius 2 is 1.88 bits per heavy atom. The molecule has 0 radical (unpaired) electrons. The lowest BCUT2D eigenvalue weighted by Gasteiger charge is -2.17. The van der Waals surface area contributed by atoms with Gasteiger partial charge in [0.2, 0.25) is 0 Å². The van der Waals surface area contributed by atoms with Crippen molar-refractivity contribution in [2.45, 2.75) is 26.8 Å². The van der Waals surface area contributed by atoms with Crippen LogP contribution in [0.1, 0.15) is 40.0 Å². The smallest absolute Gasteiger partial charge is 0.293 e. The Labute approximate surface area is 141 Å². The Kier molecular flexibility index (Phi) is 5.18. The van der Waals surface area contributed by atoms with Crippen molar-refractivity contribution >= 4 is 17.3 Å². The second-order valence-corrected chi connectivity index (χ2v) is 5.79. The van der Waals surface area contributed by atoms with Gasteiger partial charge in [-0.25, -0.2) is 0 Å². The van der Waals surface area contributed by atoms with Gasteiger partial charge >= 0.3 is 0 Å². The van der Waals surface area contributed by atoms with Crippen LogP contribution in [0.15, 0.2) is 36.4 Å². The molecule has 0 aliphatic rings. The highest BCUT2D eigenvalue weighted by molar-refractivity contribution is 5.96. The van der Waals surface area contributed by atoms with Crippen LogP contribution in [0.5, 0.6) is 0 Å². The summed E-state index contributed by atoms with van der Waals surface area (Å²) in [6.07, 6.45) is 0. The molecule has 1 amide bonds. The summed E-state index contributed by atoms with van der Waals surface area (Å²) in [4.78, 5) is 23.1. The van der Waals surface area contributed by atoms with E-state index in [-0.39, 0.29) is 23.2 Å². The first-order valence-corrected chi connectivity index (χ1v) is 7.67. The average Bonchev–Trinajstić information content (AvgIpc) is 2.56. The van der Waals surface area contributed by atoms with Crippen molar-refractivity contribution in [3.8, 4) is 0 Å². The topological polar surface area (TPSA) is 84.3 Å². The number of aryl methyl sites for hydroxylation is 2. The molecule has 0 heterocycles. The van der Waals surface area contributed by atoms with Gasteiger partial charge in [-0.05, 0) is 44.0 Å². The highest BCUT2D eigenvalue weighted by atomic mass is 16.6. The molecule has 0 bridgehead atoms. The molecule has 0 aromatic heterocycles. The number of nitro benzene ring substituents is 1. The van der Waals surface area contributed by atoms with Gasteiger partial charge in [-0.15, -0.1) is 0 Å². The molecule has 2 N–H and O–H groups in total. The summed E-state index contributed by atoms with van der Waals surface area (Å²) in [7, 11) is 1.60. The van der Waals surface area contributed by atoms with Crippen LogP contribution in [0.25, 0.3) is 0 Å². The third-order valence-corrected chi connectivity index (χ3v) is 3.97. The Balaban J connectivity index is 2.25. The van der Waals surface area contributed by atoms with E-state index in [1.54, 1.807) is 13.1 Å². The minimum atomic E-state index is -0.503. The minimum Gasteiger partial charge on any atom is -0.383 e. The van der Waals surface area contributed by atoms with E-state index in [1.807, 2.05) is 39.0 Å². The fourth-order valence-corrected chi connectivity index (χ4v) is 2.62. The molecular formula is C18H21N3O3. The van der Waals surface area contributed by atoms with E-state index in [0.29, 0.717) is 5.69 Å². The van der Waals surface area contributed by atoms with E-state index in [2.05, 4.69) is 10.6 Å².